The van der Waals surface area contributed by atoms with E-state index >= 15 is 0 Å². The molecule has 364 valence electrons. The molecule has 0 N–H and O–H groups in total. The highest BCUT2D eigenvalue weighted by Gasteiger charge is 2.57. The number of hydrogen-bond donors (Lipinski definition) is 0. The van der Waals surface area contributed by atoms with Crippen LogP contribution in [0.4, 0.5) is 11.4 Å². The predicted molar refractivity (Wildman–Crippen MR) is 252 cm³/mol. The van der Waals surface area contributed by atoms with Gasteiger partial charge in [0.25, 0.3) is 0 Å². The van der Waals surface area contributed by atoms with Gasteiger partial charge < -0.3 is 24.2 Å². The lowest BCUT2D eigenvalue weighted by Gasteiger charge is -2.32. The number of hydroxylamine groups is 4. The van der Waals surface area contributed by atoms with E-state index in [1.165, 1.54) is 51.4 Å². The van der Waals surface area contributed by atoms with E-state index in [-0.39, 0.29) is 23.8 Å². The van der Waals surface area contributed by atoms with Crippen LogP contribution in [0.25, 0.3) is 0 Å². The van der Waals surface area contributed by atoms with Crippen molar-refractivity contribution in [2.75, 3.05) is 26.4 Å². The van der Waals surface area contributed by atoms with Crippen molar-refractivity contribution >= 4 is 23.3 Å². The van der Waals surface area contributed by atoms with E-state index in [1.54, 1.807) is 36.4 Å². The summed E-state index contributed by atoms with van der Waals surface area (Å²) < 4.78 is 22.9. The summed E-state index contributed by atoms with van der Waals surface area (Å²) >= 11 is 0. The van der Waals surface area contributed by atoms with E-state index < -0.39 is 22.2 Å². The van der Waals surface area contributed by atoms with Gasteiger partial charge in [0.2, 0.25) is 5.69 Å². The third kappa shape index (κ3) is 16.8. The van der Waals surface area contributed by atoms with Crippen LogP contribution in [0, 0.1) is 17.0 Å². The first kappa shape index (κ1) is 53.8. The van der Waals surface area contributed by atoms with Crippen LogP contribution in [0.2, 0.25) is 0 Å². The van der Waals surface area contributed by atoms with Gasteiger partial charge in [-0.1, -0.05) is 94.8 Å². The molecule has 0 bridgehead atoms. The number of esters is 2. The molecule has 2 fully saturated rings. The van der Waals surface area contributed by atoms with E-state index in [1.807, 2.05) is 67.5 Å². The average molecular weight is 907 g/mol. The summed E-state index contributed by atoms with van der Waals surface area (Å²) in [5.74, 6) is 0.230. The molecule has 2 saturated heterocycles. The highest BCUT2D eigenvalue weighted by Crippen LogP contribution is 2.45. The molecular weight excluding hydrogens is 825 g/mol. The molecule has 2 aliphatic rings. The molecule has 2 aliphatic heterocycles. The summed E-state index contributed by atoms with van der Waals surface area (Å²) in [4.78, 5) is 25.9. The Bertz CT molecular complexity index is 1750. The molecule has 2 aromatic rings. The Morgan fingerprint density at radius 3 is 1.15 bits per heavy atom. The Morgan fingerprint density at radius 2 is 0.831 bits per heavy atom. The van der Waals surface area contributed by atoms with Gasteiger partial charge >= 0.3 is 11.9 Å². The Balaban J connectivity index is 0.937. The van der Waals surface area contributed by atoms with Crippen molar-refractivity contribution in [3.05, 3.63) is 53.7 Å². The largest absolute Gasteiger partial charge is 0.594 e. The van der Waals surface area contributed by atoms with Crippen LogP contribution in [0.15, 0.2) is 53.6 Å². The Hall–Kier alpha value is -3.78. The molecule has 65 heavy (non-hydrogen) atoms. The molecule has 13 heteroatoms. The summed E-state index contributed by atoms with van der Waals surface area (Å²) in [5.41, 5.74) is -1.59. The van der Waals surface area contributed by atoms with Gasteiger partial charge in [-0.25, -0.2) is 0 Å². The Morgan fingerprint density at radius 1 is 0.523 bits per heavy atom. The van der Waals surface area contributed by atoms with Crippen LogP contribution >= 0.6 is 0 Å². The van der Waals surface area contributed by atoms with E-state index in [0.29, 0.717) is 55.5 Å². The molecule has 2 aromatic carbocycles. The number of hydrogen-bond acceptors (Lipinski definition) is 10. The summed E-state index contributed by atoms with van der Waals surface area (Å²) in [6.45, 7) is 17.0. The lowest BCUT2D eigenvalue weighted by molar-refractivity contribution is -0.435. The second-order valence-electron chi connectivity index (χ2n) is 20.8. The molecule has 0 spiro atoms. The summed E-state index contributed by atoms with van der Waals surface area (Å²) in [5, 5.41) is 44.1. The molecule has 13 nitrogen and oxygen atoms in total. The van der Waals surface area contributed by atoms with Gasteiger partial charge in [-0.2, -0.15) is 0 Å². The fourth-order valence-corrected chi connectivity index (χ4v) is 9.50. The second kappa shape index (κ2) is 25.9. The second-order valence-corrected chi connectivity index (χ2v) is 20.8. The first-order valence-electron chi connectivity index (χ1n) is 24.8. The van der Waals surface area contributed by atoms with Crippen molar-refractivity contribution in [2.45, 2.75) is 206 Å². The summed E-state index contributed by atoms with van der Waals surface area (Å²) in [6.07, 6.45) is 20.8. The highest BCUT2D eigenvalue weighted by molar-refractivity contribution is 5.75. The SMILES string of the molecule is CC1(C)CC(C(=O)OCCCCCCCCCCCOc2ccc(N=[N+]([O-])c3ccc(OCCCCCCCCCCCOC(=O)C4CC(C)(C)N([O])C4(C)C)cc3)cc2)C(C)(C)N1[O]. The number of benzene rings is 2. The quantitative estimate of drug-likeness (QED) is 0.0245. The lowest BCUT2D eigenvalue weighted by Crippen LogP contribution is -2.47. The normalized spacial score (nSPS) is 20.2. The molecule has 2 atom stereocenters. The lowest BCUT2D eigenvalue weighted by atomic mass is 9.87. The van der Waals surface area contributed by atoms with E-state index in [0.717, 1.165) is 85.8 Å². The maximum absolute atomic E-state index is 12.7. The maximum atomic E-state index is 12.7. The van der Waals surface area contributed by atoms with Crippen LogP contribution < -0.4 is 9.47 Å². The molecular formula is C52H82N4O9. The minimum Gasteiger partial charge on any atom is -0.594 e. The van der Waals surface area contributed by atoms with Crippen molar-refractivity contribution in [1.29, 1.82) is 0 Å². The Kier molecular flexibility index (Phi) is 21.5. The van der Waals surface area contributed by atoms with Crippen LogP contribution in [0.1, 0.15) is 184 Å². The van der Waals surface area contributed by atoms with Crippen molar-refractivity contribution in [3.8, 4) is 11.5 Å². The van der Waals surface area contributed by atoms with Crippen molar-refractivity contribution in [2.24, 2.45) is 17.0 Å². The van der Waals surface area contributed by atoms with E-state index in [9.17, 15) is 25.2 Å². The molecule has 2 heterocycles. The van der Waals surface area contributed by atoms with Gasteiger partial charge in [0.05, 0.1) is 49.3 Å². The minimum atomic E-state index is -0.739. The smallest absolute Gasteiger partial charge is 0.310 e. The molecule has 0 saturated carbocycles. The van der Waals surface area contributed by atoms with Gasteiger partial charge in [0.1, 0.15) is 17.2 Å². The van der Waals surface area contributed by atoms with Crippen molar-refractivity contribution in [1.82, 2.24) is 10.1 Å². The predicted octanol–water partition coefficient (Wildman–Crippen LogP) is 12.9. The molecule has 0 aromatic heterocycles. The molecule has 0 aliphatic carbocycles. The van der Waals surface area contributed by atoms with Gasteiger partial charge in [-0.3, -0.25) is 9.59 Å². The first-order valence-corrected chi connectivity index (χ1v) is 24.8. The number of ether oxygens (including phenoxy) is 4. The zero-order valence-electron chi connectivity index (χ0n) is 41.2. The van der Waals surface area contributed by atoms with Gasteiger partial charge in [0, 0.05) is 28.3 Å². The fraction of sp³-hybridized carbons (Fsp3) is 0.731. The minimum absolute atomic E-state index is 0.242. The summed E-state index contributed by atoms with van der Waals surface area (Å²) in [6, 6.07) is 14.3. The van der Waals surface area contributed by atoms with Crippen LogP contribution in [-0.2, 0) is 29.5 Å². The number of unbranched alkanes of at least 4 members (excludes halogenated alkanes) is 16. The maximum Gasteiger partial charge on any atom is 0.310 e. The number of carbonyl (C=O) groups is 2. The van der Waals surface area contributed by atoms with Gasteiger partial charge in [-0.05, 0) is 130 Å². The third-order valence-corrected chi connectivity index (χ3v) is 13.5. The fourth-order valence-electron chi connectivity index (χ4n) is 9.50. The van der Waals surface area contributed by atoms with Crippen LogP contribution in [0.3, 0.4) is 0 Å². The average Bonchev–Trinajstić information content (AvgIpc) is 3.55. The molecule has 2 unspecified atom stereocenters. The molecule has 2 radical (unpaired) electrons. The number of carbonyl (C=O) groups excluding carboxylic acids is 2. The van der Waals surface area contributed by atoms with Gasteiger partial charge in [0.15, 0.2) is 0 Å². The molecule has 4 rings (SSSR count). The van der Waals surface area contributed by atoms with E-state index in [2.05, 4.69) is 5.11 Å². The first-order chi connectivity index (χ1) is 30.9. The zero-order valence-corrected chi connectivity index (χ0v) is 41.2. The molecule has 0 amide bonds. The van der Waals surface area contributed by atoms with Crippen LogP contribution in [0.5, 0.6) is 11.5 Å². The summed E-state index contributed by atoms with van der Waals surface area (Å²) in [7, 11) is 0. The van der Waals surface area contributed by atoms with Crippen molar-refractivity contribution in [3.63, 3.8) is 0 Å². The number of azo groups is 1. The Labute approximate surface area is 390 Å². The monoisotopic (exact) mass is 907 g/mol. The number of rotatable bonds is 30. The standard InChI is InChI=1S/C52H82N4O9/c1-49(2)39-45(51(5,6)55(49)60)47(57)64-37-25-21-17-13-9-11-15-19-23-35-62-43-31-27-41(28-32-43)53-54(59)42-29-33-44(34-30-42)63-36-24-20-16-12-10-14-18-22-26-38-65-48(58)46-40-50(3,4)56(61)52(46,7)8/h27-34,45-46H,9-26,35-40H2,1-8H3. The zero-order chi connectivity index (χ0) is 47.5. The highest BCUT2D eigenvalue weighted by atomic mass is 16.5. The topological polar surface area (TPSA) is 156 Å². The van der Waals surface area contributed by atoms with Crippen molar-refractivity contribution < 1.29 is 43.8 Å². The van der Waals surface area contributed by atoms with E-state index in [4.69, 9.17) is 18.9 Å². The van der Waals surface area contributed by atoms with Crippen LogP contribution in [-0.4, -0.2) is 75.5 Å². The number of nitrogens with zero attached hydrogens (tertiary/aromatic N) is 4. The third-order valence-electron chi connectivity index (χ3n) is 13.5. The van der Waals surface area contributed by atoms with Gasteiger partial charge in [-0.15, -0.1) is 20.5 Å².